The van der Waals surface area contributed by atoms with Gasteiger partial charge in [-0.05, 0) is 49.4 Å². The number of anilines is 1. The van der Waals surface area contributed by atoms with Gasteiger partial charge >= 0.3 is 5.97 Å². The van der Waals surface area contributed by atoms with Gasteiger partial charge in [0.05, 0.1) is 11.6 Å². The molecule has 0 spiro atoms. The number of carbonyl (C=O) groups excluding carboxylic acids is 3. The molecule has 7 nitrogen and oxygen atoms in total. The van der Waals surface area contributed by atoms with Crippen LogP contribution in [0.4, 0.5) is 5.69 Å². The zero-order valence-corrected chi connectivity index (χ0v) is 14.0. The van der Waals surface area contributed by atoms with Gasteiger partial charge in [0.15, 0.2) is 19.0 Å². The summed E-state index contributed by atoms with van der Waals surface area (Å²) >= 11 is 0. The van der Waals surface area contributed by atoms with Crippen LogP contribution in [0.3, 0.4) is 0 Å². The van der Waals surface area contributed by atoms with Crippen molar-refractivity contribution in [2.24, 2.45) is 0 Å². The third kappa shape index (κ3) is 5.76. The predicted octanol–water partition coefficient (Wildman–Crippen LogP) is 2.32. The highest BCUT2D eigenvalue weighted by molar-refractivity contribution is 5.94. The lowest BCUT2D eigenvalue weighted by Gasteiger charge is -2.08. The minimum atomic E-state index is -0.707. The summed E-state index contributed by atoms with van der Waals surface area (Å²) in [7, 11) is 0. The van der Waals surface area contributed by atoms with Gasteiger partial charge in [-0.1, -0.05) is 6.07 Å². The molecule has 0 radical (unpaired) electrons. The number of Topliss-reactive ketones (excluding diaryl/α,β-unsaturated/α-hetero) is 1. The number of benzene rings is 2. The van der Waals surface area contributed by atoms with Crippen LogP contribution in [0.1, 0.15) is 22.8 Å². The number of ketones is 1. The summed E-state index contributed by atoms with van der Waals surface area (Å²) in [6, 6.07) is 14.6. The Kier molecular flexibility index (Phi) is 6.46. The van der Waals surface area contributed by atoms with Crippen molar-refractivity contribution in [1.29, 1.82) is 5.26 Å². The fraction of sp³-hybridized carbons (Fsp3) is 0.158. The Morgan fingerprint density at radius 3 is 2.46 bits per heavy atom. The van der Waals surface area contributed by atoms with E-state index in [1.807, 2.05) is 6.07 Å². The molecule has 132 valence electrons. The highest BCUT2D eigenvalue weighted by atomic mass is 16.6. The van der Waals surface area contributed by atoms with Crippen molar-refractivity contribution in [3.63, 3.8) is 0 Å². The van der Waals surface area contributed by atoms with Crippen molar-refractivity contribution in [1.82, 2.24) is 0 Å². The van der Waals surface area contributed by atoms with Crippen LogP contribution in [0.25, 0.3) is 0 Å². The Morgan fingerprint density at radius 1 is 1.08 bits per heavy atom. The first-order chi connectivity index (χ1) is 12.5. The van der Waals surface area contributed by atoms with Crippen LogP contribution in [-0.4, -0.2) is 30.9 Å². The van der Waals surface area contributed by atoms with Gasteiger partial charge in [0.1, 0.15) is 5.75 Å². The van der Waals surface area contributed by atoms with Crippen LogP contribution in [-0.2, 0) is 14.3 Å². The Morgan fingerprint density at radius 2 is 1.81 bits per heavy atom. The first kappa shape index (κ1) is 18.7. The molecule has 2 aromatic carbocycles. The van der Waals surface area contributed by atoms with E-state index >= 15 is 0 Å². The van der Waals surface area contributed by atoms with E-state index in [4.69, 9.17) is 14.7 Å². The van der Waals surface area contributed by atoms with E-state index in [0.717, 1.165) is 0 Å². The summed E-state index contributed by atoms with van der Waals surface area (Å²) in [6.07, 6.45) is 0. The van der Waals surface area contributed by atoms with Crippen molar-refractivity contribution >= 4 is 23.3 Å². The molecule has 1 amide bonds. The Bertz CT molecular complexity index is 853. The lowest BCUT2D eigenvalue weighted by atomic mass is 10.1. The molecular weight excluding hydrogens is 336 g/mol. The topological polar surface area (TPSA) is 105 Å². The van der Waals surface area contributed by atoms with Gasteiger partial charge in [0, 0.05) is 11.3 Å². The third-order valence-electron chi connectivity index (χ3n) is 3.26. The van der Waals surface area contributed by atoms with Gasteiger partial charge in [0.25, 0.3) is 5.91 Å². The summed E-state index contributed by atoms with van der Waals surface area (Å²) in [5.41, 5.74) is 1.38. The maximum absolute atomic E-state index is 11.7. The Hall–Kier alpha value is -3.66. The smallest absolute Gasteiger partial charge is 0.344 e. The largest absolute Gasteiger partial charge is 0.482 e. The highest BCUT2D eigenvalue weighted by Gasteiger charge is 2.09. The monoisotopic (exact) mass is 352 g/mol. The fourth-order valence-electron chi connectivity index (χ4n) is 1.98. The van der Waals surface area contributed by atoms with Gasteiger partial charge in [0.2, 0.25) is 0 Å². The summed E-state index contributed by atoms with van der Waals surface area (Å²) in [4.78, 5) is 34.5. The zero-order chi connectivity index (χ0) is 18.9. The molecule has 0 fully saturated rings. The Labute approximate surface area is 150 Å². The minimum absolute atomic E-state index is 0.0673. The highest BCUT2D eigenvalue weighted by Crippen LogP contribution is 2.12. The average molecular weight is 352 g/mol. The lowest BCUT2D eigenvalue weighted by Crippen LogP contribution is -2.23. The molecule has 1 N–H and O–H groups in total. The van der Waals surface area contributed by atoms with Crippen LogP contribution in [0, 0.1) is 11.3 Å². The van der Waals surface area contributed by atoms with Crippen LogP contribution in [0.15, 0.2) is 48.5 Å². The predicted molar refractivity (Wildman–Crippen MR) is 92.7 cm³/mol. The van der Waals surface area contributed by atoms with Crippen molar-refractivity contribution in [2.75, 3.05) is 18.5 Å². The number of esters is 1. The van der Waals surface area contributed by atoms with Crippen LogP contribution in [0.2, 0.25) is 0 Å². The summed E-state index contributed by atoms with van der Waals surface area (Å²) in [5, 5.41) is 11.3. The quantitative estimate of drug-likeness (QED) is 0.605. The second kappa shape index (κ2) is 8.99. The Balaban J connectivity index is 1.74. The van der Waals surface area contributed by atoms with E-state index in [1.54, 1.807) is 42.5 Å². The normalized spacial score (nSPS) is 9.69. The van der Waals surface area contributed by atoms with Gasteiger partial charge in [-0.15, -0.1) is 0 Å². The number of hydrogen-bond acceptors (Lipinski definition) is 6. The summed E-state index contributed by atoms with van der Waals surface area (Å²) in [6.45, 7) is 0.619. The molecule has 0 unspecified atom stereocenters. The molecule has 0 aliphatic heterocycles. The number of nitrogens with one attached hydrogen (secondary N) is 1. The molecule has 26 heavy (non-hydrogen) atoms. The zero-order valence-electron chi connectivity index (χ0n) is 14.0. The van der Waals surface area contributed by atoms with Crippen LogP contribution >= 0.6 is 0 Å². The number of amides is 1. The second-order valence-electron chi connectivity index (χ2n) is 5.27. The third-order valence-corrected chi connectivity index (χ3v) is 3.26. The van der Waals surface area contributed by atoms with Crippen molar-refractivity contribution in [3.05, 3.63) is 59.7 Å². The number of nitrogens with zero attached hydrogens (tertiary/aromatic N) is 1. The van der Waals surface area contributed by atoms with Gasteiger partial charge in [-0.25, -0.2) is 4.79 Å². The maximum atomic E-state index is 11.7. The standard InChI is InChI=1S/C19H16N2O5/c1-13(22)15-5-7-17(8-6-15)25-12-19(24)26-11-18(23)21-16-4-2-3-14(9-16)10-20/h2-9H,11-12H2,1H3,(H,21,23). The van der Waals surface area contributed by atoms with E-state index in [0.29, 0.717) is 22.6 Å². The van der Waals surface area contributed by atoms with E-state index in [-0.39, 0.29) is 12.4 Å². The number of ether oxygens (including phenoxy) is 2. The molecule has 0 heterocycles. The molecule has 7 heteroatoms. The molecule has 0 saturated heterocycles. The molecule has 2 aromatic rings. The molecule has 0 saturated carbocycles. The van der Waals surface area contributed by atoms with Crippen molar-refractivity contribution < 1.29 is 23.9 Å². The first-order valence-corrected chi connectivity index (χ1v) is 7.67. The molecule has 0 aliphatic rings. The molecule has 0 aromatic heterocycles. The average Bonchev–Trinajstić information content (AvgIpc) is 2.65. The van der Waals surface area contributed by atoms with E-state index in [1.165, 1.54) is 13.0 Å². The van der Waals surface area contributed by atoms with E-state index in [9.17, 15) is 14.4 Å². The SMILES string of the molecule is CC(=O)c1ccc(OCC(=O)OCC(=O)Nc2cccc(C#N)c2)cc1. The molecule has 0 aliphatic carbocycles. The number of nitriles is 1. The second-order valence-corrected chi connectivity index (χ2v) is 5.27. The van der Waals surface area contributed by atoms with Gasteiger partial charge < -0.3 is 14.8 Å². The molecule has 2 rings (SSSR count). The number of carbonyl (C=O) groups is 3. The molecule has 0 bridgehead atoms. The molecular formula is C19H16N2O5. The summed E-state index contributed by atoms with van der Waals surface area (Å²) in [5.74, 6) is -0.896. The number of rotatable bonds is 7. The summed E-state index contributed by atoms with van der Waals surface area (Å²) < 4.78 is 10.1. The van der Waals surface area contributed by atoms with E-state index in [2.05, 4.69) is 5.32 Å². The van der Waals surface area contributed by atoms with Gasteiger partial charge in [-0.3, -0.25) is 9.59 Å². The van der Waals surface area contributed by atoms with Crippen LogP contribution in [0.5, 0.6) is 5.75 Å². The maximum Gasteiger partial charge on any atom is 0.344 e. The first-order valence-electron chi connectivity index (χ1n) is 7.67. The van der Waals surface area contributed by atoms with Crippen molar-refractivity contribution in [3.8, 4) is 11.8 Å². The van der Waals surface area contributed by atoms with E-state index < -0.39 is 18.5 Å². The molecule has 0 atom stereocenters. The fourth-order valence-corrected chi connectivity index (χ4v) is 1.98. The van der Waals surface area contributed by atoms with Crippen molar-refractivity contribution in [2.45, 2.75) is 6.92 Å². The number of hydrogen-bond donors (Lipinski definition) is 1. The minimum Gasteiger partial charge on any atom is -0.482 e. The van der Waals surface area contributed by atoms with Gasteiger partial charge in [-0.2, -0.15) is 5.26 Å². The lowest BCUT2D eigenvalue weighted by molar-refractivity contribution is -0.149. The van der Waals surface area contributed by atoms with Crippen LogP contribution < -0.4 is 10.1 Å².